The Hall–Kier alpha value is -0.120. The average molecular weight is 157 g/mol. The molecule has 2 aliphatic rings. The Kier molecular flexibility index (Phi) is 1.55. The number of hydrogen-bond donors (Lipinski definition) is 3. The van der Waals surface area contributed by atoms with Crippen LogP contribution in [0.1, 0.15) is 15.6 Å². The minimum absolute atomic E-state index is 0.157. The highest BCUT2D eigenvalue weighted by Crippen LogP contribution is 2.18. The molecule has 0 amide bonds. The summed E-state index contributed by atoms with van der Waals surface area (Å²) < 4.78 is 15.6. The first kappa shape index (κ1) is 5.51. The smallest absolute Gasteiger partial charge is 0.0447 e. The molecular weight excluding hydrogens is 138 g/mol. The van der Waals surface area contributed by atoms with Gasteiger partial charge in [0.2, 0.25) is 0 Å². The topological polar surface area (TPSA) is 36.1 Å². The van der Waals surface area contributed by atoms with Gasteiger partial charge < -0.3 is 16.0 Å². The number of hydrogen-bond acceptors (Lipinski definition) is 3. The predicted molar refractivity (Wildman–Crippen MR) is 45.7 cm³/mol. The summed E-state index contributed by atoms with van der Waals surface area (Å²) in [4.78, 5) is 0. The molecule has 0 aromatic heterocycles. The summed E-state index contributed by atoms with van der Waals surface area (Å²) >= 11 is 0. The van der Waals surface area contributed by atoms with E-state index in [-0.39, 0.29) is 18.6 Å². The molecule has 2 fully saturated rings. The first-order valence-corrected chi connectivity index (χ1v) is 4.29. The summed E-state index contributed by atoms with van der Waals surface area (Å²) in [5.41, 5.74) is -0.157. The lowest BCUT2D eigenvalue weighted by molar-refractivity contribution is 0.209. The van der Waals surface area contributed by atoms with E-state index in [1.165, 1.54) is 0 Å². The van der Waals surface area contributed by atoms with Crippen LogP contribution in [0.3, 0.4) is 0 Å². The Labute approximate surface area is 70.7 Å². The van der Waals surface area contributed by atoms with Crippen molar-refractivity contribution in [3.8, 4) is 0 Å². The van der Waals surface area contributed by atoms with Gasteiger partial charge in [0.15, 0.2) is 0 Å². The standard InChI is InChI=1S/C8H17N3/c1-3-9-4-2-8(1)7-10-5-6-11-8/h9-11H,1-7H2/i6D,7D. The van der Waals surface area contributed by atoms with Crippen molar-refractivity contribution in [1.29, 1.82) is 0 Å². The van der Waals surface area contributed by atoms with Gasteiger partial charge in [0, 0.05) is 27.9 Å². The van der Waals surface area contributed by atoms with Crippen molar-refractivity contribution in [3.05, 3.63) is 0 Å². The molecule has 0 aromatic carbocycles. The minimum atomic E-state index is -0.254. The third kappa shape index (κ3) is 1.55. The fraction of sp³-hybridized carbons (Fsp3) is 1.00. The highest BCUT2D eigenvalue weighted by molar-refractivity contribution is 4.96. The Bertz CT molecular complexity index is 182. The Balaban J connectivity index is 2.07. The summed E-state index contributed by atoms with van der Waals surface area (Å²) in [5, 5.41) is 9.62. The summed E-state index contributed by atoms with van der Waals surface area (Å²) in [5.74, 6) is 0. The minimum Gasteiger partial charge on any atom is -0.317 e. The van der Waals surface area contributed by atoms with Gasteiger partial charge in [0.1, 0.15) is 0 Å². The number of rotatable bonds is 0. The van der Waals surface area contributed by atoms with E-state index in [1.807, 2.05) is 0 Å². The molecule has 0 aliphatic carbocycles. The van der Waals surface area contributed by atoms with Gasteiger partial charge in [-0.25, -0.2) is 0 Å². The second-order valence-electron chi connectivity index (χ2n) is 3.31. The SMILES string of the molecule is [2H]C1CNC([2H])C2(CCNCC2)N1. The number of piperidine rings is 1. The lowest BCUT2D eigenvalue weighted by Crippen LogP contribution is -2.62. The molecule has 2 rings (SSSR count). The van der Waals surface area contributed by atoms with Crippen LogP contribution in [-0.4, -0.2) is 38.2 Å². The fourth-order valence-electron chi connectivity index (χ4n) is 1.77. The molecule has 2 atom stereocenters. The van der Waals surface area contributed by atoms with Gasteiger partial charge in [0.05, 0.1) is 0 Å². The van der Waals surface area contributed by atoms with Gasteiger partial charge in [-0.2, -0.15) is 0 Å². The van der Waals surface area contributed by atoms with Gasteiger partial charge in [-0.05, 0) is 25.9 Å². The van der Waals surface area contributed by atoms with Crippen LogP contribution in [0.15, 0.2) is 0 Å². The zero-order valence-electron chi connectivity index (χ0n) is 8.69. The largest absolute Gasteiger partial charge is 0.317 e. The molecule has 64 valence electrons. The molecule has 2 unspecified atom stereocenters. The van der Waals surface area contributed by atoms with Gasteiger partial charge in [0.25, 0.3) is 0 Å². The molecule has 2 heterocycles. The number of nitrogens with one attached hydrogen (secondary N) is 3. The first-order chi connectivity index (χ1) is 6.23. The van der Waals surface area contributed by atoms with E-state index in [1.54, 1.807) is 0 Å². The molecule has 2 aliphatic heterocycles. The zero-order chi connectivity index (χ0) is 9.31. The van der Waals surface area contributed by atoms with E-state index >= 15 is 0 Å². The van der Waals surface area contributed by atoms with Crippen LogP contribution >= 0.6 is 0 Å². The Morgan fingerprint density at radius 3 is 2.73 bits per heavy atom. The molecule has 3 heteroatoms. The summed E-state index contributed by atoms with van der Waals surface area (Å²) in [6, 6.07) is 0. The van der Waals surface area contributed by atoms with Crippen LogP contribution in [0.2, 0.25) is 0 Å². The third-order valence-corrected chi connectivity index (χ3v) is 2.48. The molecule has 0 bridgehead atoms. The van der Waals surface area contributed by atoms with E-state index in [4.69, 9.17) is 2.74 Å². The zero-order valence-corrected chi connectivity index (χ0v) is 6.69. The Morgan fingerprint density at radius 1 is 1.09 bits per heavy atom. The van der Waals surface area contributed by atoms with Crippen molar-refractivity contribution in [1.82, 2.24) is 16.0 Å². The van der Waals surface area contributed by atoms with Crippen LogP contribution in [0.4, 0.5) is 0 Å². The maximum Gasteiger partial charge on any atom is 0.0447 e. The van der Waals surface area contributed by atoms with Crippen LogP contribution in [0.25, 0.3) is 0 Å². The first-order valence-electron chi connectivity index (χ1n) is 5.45. The molecule has 1 spiro atoms. The average Bonchev–Trinajstić information content (AvgIpc) is 2.14. The lowest BCUT2D eigenvalue weighted by atomic mass is 9.87. The highest BCUT2D eigenvalue weighted by atomic mass is 15.1. The van der Waals surface area contributed by atoms with Crippen molar-refractivity contribution in [2.24, 2.45) is 0 Å². The number of piperazine rings is 1. The molecular formula is C8H17N3. The molecule has 2 saturated heterocycles. The van der Waals surface area contributed by atoms with Crippen molar-refractivity contribution in [3.63, 3.8) is 0 Å². The quantitative estimate of drug-likeness (QED) is 0.435. The van der Waals surface area contributed by atoms with E-state index in [2.05, 4.69) is 16.0 Å². The second kappa shape index (κ2) is 3.09. The van der Waals surface area contributed by atoms with Crippen LogP contribution in [0, 0.1) is 0 Å². The van der Waals surface area contributed by atoms with Crippen molar-refractivity contribution in [2.45, 2.75) is 18.4 Å². The fourth-order valence-corrected chi connectivity index (χ4v) is 1.77. The van der Waals surface area contributed by atoms with Gasteiger partial charge >= 0.3 is 0 Å². The molecule has 3 N–H and O–H groups in total. The summed E-state index contributed by atoms with van der Waals surface area (Å²) in [6.45, 7) is 1.99. The maximum absolute atomic E-state index is 7.92. The van der Waals surface area contributed by atoms with E-state index in [0.717, 1.165) is 25.9 Å². The molecule has 11 heavy (non-hydrogen) atoms. The van der Waals surface area contributed by atoms with Crippen molar-refractivity contribution in [2.75, 3.05) is 32.7 Å². The molecule has 0 radical (unpaired) electrons. The summed E-state index contributed by atoms with van der Waals surface area (Å²) in [6.07, 6.45) is 1.90. The maximum atomic E-state index is 7.92. The van der Waals surface area contributed by atoms with Crippen molar-refractivity contribution >= 4 is 0 Å². The Morgan fingerprint density at radius 2 is 1.91 bits per heavy atom. The highest BCUT2D eigenvalue weighted by Gasteiger charge is 2.32. The summed E-state index contributed by atoms with van der Waals surface area (Å²) in [7, 11) is 0. The van der Waals surface area contributed by atoms with Crippen LogP contribution < -0.4 is 16.0 Å². The van der Waals surface area contributed by atoms with Gasteiger partial charge in [-0.15, -0.1) is 0 Å². The lowest BCUT2D eigenvalue weighted by Gasteiger charge is -2.42. The monoisotopic (exact) mass is 157 g/mol. The molecule has 3 nitrogen and oxygen atoms in total. The predicted octanol–water partition coefficient (Wildman–Crippen LogP) is -0.699. The van der Waals surface area contributed by atoms with Crippen LogP contribution in [0.5, 0.6) is 0 Å². The van der Waals surface area contributed by atoms with Crippen molar-refractivity contribution < 1.29 is 2.74 Å². The molecule has 0 saturated carbocycles. The van der Waals surface area contributed by atoms with E-state index in [9.17, 15) is 0 Å². The van der Waals surface area contributed by atoms with Crippen LogP contribution in [-0.2, 0) is 0 Å². The van der Waals surface area contributed by atoms with Gasteiger partial charge in [-0.3, -0.25) is 0 Å². The van der Waals surface area contributed by atoms with E-state index < -0.39 is 0 Å². The van der Waals surface area contributed by atoms with Gasteiger partial charge in [-0.1, -0.05) is 0 Å². The molecule has 0 aromatic rings. The normalized spacial score (nSPS) is 46.5. The van der Waals surface area contributed by atoms with E-state index in [0.29, 0.717) is 6.54 Å². The third-order valence-electron chi connectivity index (χ3n) is 2.48. The second-order valence-corrected chi connectivity index (χ2v) is 3.31.